The molecule has 0 bridgehead atoms. The van der Waals surface area contributed by atoms with Crippen LogP contribution >= 0.6 is 0 Å². The summed E-state index contributed by atoms with van der Waals surface area (Å²) in [5, 5.41) is 10.8. The highest BCUT2D eigenvalue weighted by atomic mass is 16.6. The Kier molecular flexibility index (Phi) is 3.95. The monoisotopic (exact) mass is 309 g/mol. The number of carbonyl (C=O) groups excluding carboxylic acids is 2. The number of benzene rings is 2. The van der Waals surface area contributed by atoms with Gasteiger partial charge in [0.15, 0.2) is 5.72 Å². The van der Waals surface area contributed by atoms with E-state index in [1.165, 1.54) is 6.08 Å². The molecule has 1 N–H and O–H groups in total. The zero-order valence-corrected chi connectivity index (χ0v) is 12.3. The SMILES string of the molecule is O=C1C=CC(O)(c2ccccc2)N1C(=O)OCc1ccccc1. The van der Waals surface area contributed by atoms with Gasteiger partial charge in [-0.3, -0.25) is 4.79 Å². The summed E-state index contributed by atoms with van der Waals surface area (Å²) >= 11 is 0. The lowest BCUT2D eigenvalue weighted by molar-refractivity contribution is -0.138. The van der Waals surface area contributed by atoms with Gasteiger partial charge < -0.3 is 9.84 Å². The molecule has 116 valence electrons. The molecule has 5 nitrogen and oxygen atoms in total. The van der Waals surface area contributed by atoms with Crippen LogP contribution in [0.15, 0.2) is 72.8 Å². The van der Waals surface area contributed by atoms with Gasteiger partial charge in [0.25, 0.3) is 5.91 Å². The number of rotatable bonds is 3. The highest BCUT2D eigenvalue weighted by Crippen LogP contribution is 2.32. The Bertz CT molecular complexity index is 742. The van der Waals surface area contributed by atoms with Crippen LogP contribution in [0.1, 0.15) is 11.1 Å². The average molecular weight is 309 g/mol. The molecular formula is C18H15NO4. The number of hydrogen-bond donors (Lipinski definition) is 1. The molecule has 0 aliphatic carbocycles. The van der Waals surface area contributed by atoms with Gasteiger partial charge in [-0.25, -0.2) is 9.69 Å². The van der Waals surface area contributed by atoms with Crippen molar-refractivity contribution in [3.8, 4) is 0 Å². The van der Waals surface area contributed by atoms with E-state index in [4.69, 9.17) is 4.74 Å². The Labute approximate surface area is 133 Å². The number of carbonyl (C=O) groups is 2. The van der Waals surface area contributed by atoms with E-state index in [2.05, 4.69) is 0 Å². The van der Waals surface area contributed by atoms with Gasteiger partial charge in [0, 0.05) is 11.6 Å². The van der Waals surface area contributed by atoms with E-state index in [0.717, 1.165) is 11.6 Å². The Morgan fingerprint density at radius 3 is 2.30 bits per heavy atom. The van der Waals surface area contributed by atoms with E-state index in [1.54, 1.807) is 42.5 Å². The van der Waals surface area contributed by atoms with E-state index in [1.807, 2.05) is 18.2 Å². The zero-order chi connectivity index (χ0) is 16.3. The van der Waals surface area contributed by atoms with E-state index in [-0.39, 0.29) is 6.61 Å². The number of hydrogen-bond acceptors (Lipinski definition) is 4. The molecule has 1 heterocycles. The van der Waals surface area contributed by atoms with Gasteiger partial charge in [-0.2, -0.15) is 0 Å². The van der Waals surface area contributed by atoms with Crippen molar-refractivity contribution in [3.05, 3.63) is 83.9 Å². The van der Waals surface area contributed by atoms with Crippen molar-refractivity contribution < 1.29 is 19.4 Å². The largest absolute Gasteiger partial charge is 0.444 e. The molecule has 0 saturated carbocycles. The lowest BCUT2D eigenvalue weighted by Gasteiger charge is -2.31. The van der Waals surface area contributed by atoms with E-state index in [0.29, 0.717) is 10.5 Å². The minimum atomic E-state index is -1.83. The third-order valence-corrected chi connectivity index (χ3v) is 3.61. The van der Waals surface area contributed by atoms with Gasteiger partial charge in [0.2, 0.25) is 0 Å². The molecule has 1 unspecified atom stereocenters. The summed E-state index contributed by atoms with van der Waals surface area (Å²) in [4.78, 5) is 25.0. The van der Waals surface area contributed by atoms with Crippen molar-refractivity contribution in [2.75, 3.05) is 0 Å². The van der Waals surface area contributed by atoms with Crippen LogP contribution in [0.2, 0.25) is 0 Å². The number of aliphatic hydroxyl groups is 1. The third-order valence-electron chi connectivity index (χ3n) is 3.61. The molecule has 2 aromatic carbocycles. The Morgan fingerprint density at radius 2 is 1.65 bits per heavy atom. The summed E-state index contributed by atoms with van der Waals surface area (Å²) in [6, 6.07) is 17.6. The predicted octanol–water partition coefficient (Wildman–Crippen LogP) is 2.57. The summed E-state index contributed by atoms with van der Waals surface area (Å²) in [6.45, 7) is 0.0221. The predicted molar refractivity (Wildman–Crippen MR) is 83.0 cm³/mol. The highest BCUT2D eigenvalue weighted by molar-refractivity contribution is 6.02. The molecule has 0 radical (unpaired) electrons. The second-order valence-corrected chi connectivity index (χ2v) is 5.14. The number of amides is 2. The molecule has 0 spiro atoms. The quantitative estimate of drug-likeness (QED) is 0.946. The fourth-order valence-electron chi connectivity index (χ4n) is 2.43. The zero-order valence-electron chi connectivity index (χ0n) is 12.3. The molecule has 2 amide bonds. The summed E-state index contributed by atoms with van der Waals surface area (Å²) in [7, 11) is 0. The molecule has 23 heavy (non-hydrogen) atoms. The molecular weight excluding hydrogens is 294 g/mol. The summed E-state index contributed by atoms with van der Waals surface area (Å²) < 4.78 is 5.17. The molecule has 2 aromatic rings. The van der Waals surface area contributed by atoms with Crippen molar-refractivity contribution in [3.63, 3.8) is 0 Å². The van der Waals surface area contributed by atoms with Crippen LogP contribution in [0, 0.1) is 0 Å². The lowest BCUT2D eigenvalue weighted by atomic mass is 10.0. The molecule has 3 rings (SSSR count). The van der Waals surface area contributed by atoms with Crippen LogP contribution in [-0.4, -0.2) is 22.0 Å². The first-order valence-corrected chi connectivity index (χ1v) is 7.13. The van der Waals surface area contributed by atoms with E-state index in [9.17, 15) is 14.7 Å². The molecule has 0 fully saturated rings. The molecule has 0 saturated heterocycles. The maximum absolute atomic E-state index is 12.3. The van der Waals surface area contributed by atoms with Crippen LogP contribution < -0.4 is 0 Å². The number of imide groups is 1. The first-order valence-electron chi connectivity index (χ1n) is 7.13. The minimum Gasteiger partial charge on any atom is -0.444 e. The van der Waals surface area contributed by atoms with Crippen molar-refractivity contribution in [1.29, 1.82) is 0 Å². The van der Waals surface area contributed by atoms with Crippen molar-refractivity contribution in [2.45, 2.75) is 12.3 Å². The number of nitrogens with zero attached hydrogens (tertiary/aromatic N) is 1. The third kappa shape index (κ3) is 2.86. The van der Waals surface area contributed by atoms with Crippen molar-refractivity contribution >= 4 is 12.0 Å². The smallest absolute Gasteiger partial charge is 0.420 e. The Morgan fingerprint density at radius 1 is 1.04 bits per heavy atom. The molecule has 0 aromatic heterocycles. The van der Waals surface area contributed by atoms with Crippen molar-refractivity contribution in [1.82, 2.24) is 4.90 Å². The van der Waals surface area contributed by atoms with Crippen LogP contribution in [0.4, 0.5) is 4.79 Å². The van der Waals surface area contributed by atoms with Gasteiger partial charge in [-0.1, -0.05) is 60.7 Å². The first kappa shape index (κ1) is 15.0. The van der Waals surface area contributed by atoms with Crippen molar-refractivity contribution in [2.24, 2.45) is 0 Å². The molecule has 5 heteroatoms. The first-order chi connectivity index (χ1) is 11.1. The van der Waals surface area contributed by atoms with E-state index >= 15 is 0 Å². The van der Waals surface area contributed by atoms with Gasteiger partial charge in [-0.15, -0.1) is 0 Å². The van der Waals surface area contributed by atoms with Crippen LogP contribution in [0.25, 0.3) is 0 Å². The van der Waals surface area contributed by atoms with Crippen LogP contribution in [0.3, 0.4) is 0 Å². The van der Waals surface area contributed by atoms with E-state index < -0.39 is 17.7 Å². The average Bonchev–Trinajstić information content (AvgIpc) is 2.91. The Hall–Kier alpha value is -2.92. The second kappa shape index (κ2) is 6.06. The highest BCUT2D eigenvalue weighted by Gasteiger charge is 2.46. The fraction of sp³-hybridized carbons (Fsp3) is 0.111. The maximum Gasteiger partial charge on any atom is 0.420 e. The standard InChI is InChI=1S/C18H15NO4/c20-16-11-12-18(22,15-9-5-2-6-10-15)19(16)17(21)23-13-14-7-3-1-4-8-14/h1-12,22H,13H2. The Balaban J connectivity index is 1.79. The number of ether oxygens (including phenoxy) is 1. The van der Waals surface area contributed by atoms with Gasteiger partial charge in [0.05, 0.1) is 0 Å². The van der Waals surface area contributed by atoms with Gasteiger partial charge in [-0.05, 0) is 11.6 Å². The summed E-state index contributed by atoms with van der Waals surface area (Å²) in [6.07, 6.45) is 1.56. The molecule has 1 aliphatic heterocycles. The summed E-state index contributed by atoms with van der Waals surface area (Å²) in [5.74, 6) is -0.616. The van der Waals surface area contributed by atoms with Crippen LogP contribution in [0.5, 0.6) is 0 Å². The minimum absolute atomic E-state index is 0.0221. The topological polar surface area (TPSA) is 66.8 Å². The lowest BCUT2D eigenvalue weighted by Crippen LogP contribution is -2.47. The van der Waals surface area contributed by atoms with Gasteiger partial charge in [0.1, 0.15) is 6.61 Å². The fourth-order valence-corrected chi connectivity index (χ4v) is 2.43. The normalized spacial score (nSPS) is 19.9. The molecule has 1 atom stereocenters. The van der Waals surface area contributed by atoms with Crippen LogP contribution in [-0.2, 0) is 21.9 Å². The second-order valence-electron chi connectivity index (χ2n) is 5.14. The summed E-state index contributed by atoms with van der Waals surface area (Å²) in [5.41, 5.74) is -0.617. The molecule has 1 aliphatic rings. The van der Waals surface area contributed by atoms with Gasteiger partial charge >= 0.3 is 6.09 Å². The maximum atomic E-state index is 12.3.